The third-order valence-electron chi connectivity index (χ3n) is 4.45. The van der Waals surface area contributed by atoms with Crippen molar-refractivity contribution < 1.29 is 14.7 Å². The van der Waals surface area contributed by atoms with Gasteiger partial charge in [-0.2, -0.15) is 0 Å². The van der Waals surface area contributed by atoms with Crippen LogP contribution in [-0.2, 0) is 4.84 Å². The summed E-state index contributed by atoms with van der Waals surface area (Å²) < 4.78 is 2.04. The van der Waals surface area contributed by atoms with Crippen LogP contribution in [0.15, 0.2) is 42.9 Å². The Kier molecular flexibility index (Phi) is 3.73. The summed E-state index contributed by atoms with van der Waals surface area (Å²) in [7, 11) is 0. The first-order chi connectivity index (χ1) is 12.1. The molecule has 0 amide bonds. The lowest BCUT2D eigenvalue weighted by molar-refractivity contribution is -0.104. The maximum Gasteiger partial charge on any atom is 0.525 e. The van der Waals surface area contributed by atoms with E-state index in [9.17, 15) is 4.79 Å². The second-order valence-corrected chi connectivity index (χ2v) is 5.96. The quantitative estimate of drug-likeness (QED) is 0.755. The number of carbonyl (C=O) groups is 1. The van der Waals surface area contributed by atoms with Gasteiger partial charge in [-0.15, -0.1) is 5.06 Å². The van der Waals surface area contributed by atoms with Crippen LogP contribution in [0.25, 0.3) is 22.2 Å². The Morgan fingerprint density at radius 2 is 2.08 bits per heavy atom. The summed E-state index contributed by atoms with van der Waals surface area (Å²) in [5.41, 5.74) is 8.86. The van der Waals surface area contributed by atoms with E-state index in [-0.39, 0.29) is 6.04 Å². The number of hydrogen-bond acceptors (Lipinski definition) is 6. The van der Waals surface area contributed by atoms with E-state index in [1.54, 1.807) is 0 Å². The van der Waals surface area contributed by atoms with Crippen LogP contribution < -0.4 is 5.73 Å². The summed E-state index contributed by atoms with van der Waals surface area (Å²) in [6.07, 6.45) is 2.92. The zero-order valence-electron chi connectivity index (χ0n) is 13.4. The highest BCUT2D eigenvalue weighted by Crippen LogP contribution is 2.36. The number of carboxylic acid groups (broad SMARTS) is 1. The number of hydroxylamine groups is 2. The molecule has 0 bridgehead atoms. The van der Waals surface area contributed by atoms with Crippen LogP contribution in [0.1, 0.15) is 12.5 Å². The van der Waals surface area contributed by atoms with Crippen molar-refractivity contribution in [2.24, 2.45) is 0 Å². The van der Waals surface area contributed by atoms with Crippen LogP contribution in [0.2, 0.25) is 0 Å². The molecule has 3 heterocycles. The van der Waals surface area contributed by atoms with Gasteiger partial charge in [-0.3, -0.25) is 0 Å². The van der Waals surface area contributed by atoms with Gasteiger partial charge in [0.1, 0.15) is 17.8 Å². The molecular weight excluding hydrogens is 322 g/mol. The molecule has 128 valence electrons. The summed E-state index contributed by atoms with van der Waals surface area (Å²) in [6.45, 7) is 1.01. The maximum absolute atomic E-state index is 10.7. The monoisotopic (exact) mass is 339 g/mol. The molecule has 1 fully saturated rings. The van der Waals surface area contributed by atoms with Gasteiger partial charge in [0.05, 0.1) is 18.0 Å². The van der Waals surface area contributed by atoms with Gasteiger partial charge in [0.2, 0.25) is 0 Å². The minimum absolute atomic E-state index is 0.0496. The molecule has 1 aliphatic heterocycles. The zero-order chi connectivity index (χ0) is 17.4. The average molecular weight is 339 g/mol. The van der Waals surface area contributed by atoms with E-state index in [2.05, 4.69) is 9.97 Å². The van der Waals surface area contributed by atoms with E-state index in [4.69, 9.17) is 15.7 Å². The van der Waals surface area contributed by atoms with Crippen LogP contribution in [-0.4, -0.2) is 43.9 Å². The van der Waals surface area contributed by atoms with Crippen molar-refractivity contribution in [3.05, 3.63) is 42.9 Å². The van der Waals surface area contributed by atoms with Gasteiger partial charge in [-0.1, -0.05) is 30.3 Å². The van der Waals surface area contributed by atoms with Gasteiger partial charge in [-0.05, 0) is 12.0 Å². The van der Waals surface area contributed by atoms with Crippen molar-refractivity contribution in [2.45, 2.75) is 12.5 Å². The van der Waals surface area contributed by atoms with Gasteiger partial charge >= 0.3 is 6.16 Å². The first-order valence-electron chi connectivity index (χ1n) is 7.96. The SMILES string of the molecule is Nc1ncnc2c1c(-c1ccccc1)cn2C1CCN(OC(=O)O)C1. The molecule has 0 aliphatic carbocycles. The Morgan fingerprint density at radius 1 is 1.28 bits per heavy atom. The summed E-state index contributed by atoms with van der Waals surface area (Å²) >= 11 is 0. The third kappa shape index (κ3) is 2.76. The lowest BCUT2D eigenvalue weighted by Gasteiger charge is -2.14. The van der Waals surface area contributed by atoms with Gasteiger partial charge in [0, 0.05) is 18.3 Å². The minimum atomic E-state index is -1.30. The van der Waals surface area contributed by atoms with Crippen molar-refractivity contribution in [1.82, 2.24) is 19.6 Å². The van der Waals surface area contributed by atoms with Crippen LogP contribution in [0.3, 0.4) is 0 Å². The second-order valence-electron chi connectivity index (χ2n) is 5.96. The highest BCUT2D eigenvalue weighted by Gasteiger charge is 2.29. The van der Waals surface area contributed by atoms with Crippen LogP contribution in [0.4, 0.5) is 10.6 Å². The summed E-state index contributed by atoms with van der Waals surface area (Å²) in [5, 5.41) is 11.0. The molecule has 1 saturated heterocycles. The average Bonchev–Trinajstić information content (AvgIpc) is 3.20. The topological polar surface area (TPSA) is 107 Å². The Hall–Kier alpha value is -3.13. The van der Waals surface area contributed by atoms with Crippen LogP contribution in [0, 0.1) is 0 Å². The summed E-state index contributed by atoms with van der Waals surface area (Å²) in [6, 6.07) is 9.97. The van der Waals surface area contributed by atoms with E-state index < -0.39 is 6.16 Å². The number of nitrogen functional groups attached to an aromatic ring is 1. The molecule has 0 radical (unpaired) electrons. The Bertz CT molecular complexity index is 925. The Balaban J connectivity index is 1.78. The number of anilines is 1. The van der Waals surface area contributed by atoms with Gasteiger partial charge < -0.3 is 20.2 Å². The predicted molar refractivity (Wildman–Crippen MR) is 91.7 cm³/mol. The van der Waals surface area contributed by atoms with E-state index in [0.29, 0.717) is 18.9 Å². The number of nitrogens with zero attached hydrogens (tertiary/aromatic N) is 4. The maximum atomic E-state index is 10.7. The molecule has 1 aromatic carbocycles. The largest absolute Gasteiger partial charge is 0.525 e. The van der Waals surface area contributed by atoms with E-state index in [1.165, 1.54) is 11.4 Å². The molecule has 1 unspecified atom stereocenters. The van der Waals surface area contributed by atoms with E-state index in [0.717, 1.165) is 28.6 Å². The molecule has 4 rings (SSSR count). The summed E-state index contributed by atoms with van der Waals surface area (Å²) in [4.78, 5) is 24.0. The van der Waals surface area contributed by atoms with E-state index in [1.807, 2.05) is 41.1 Å². The fourth-order valence-corrected chi connectivity index (χ4v) is 3.35. The first-order valence-corrected chi connectivity index (χ1v) is 7.96. The summed E-state index contributed by atoms with van der Waals surface area (Å²) in [5.74, 6) is 0.430. The molecule has 1 aliphatic rings. The molecular formula is C17H17N5O3. The minimum Gasteiger partial charge on any atom is -0.448 e. The standard InChI is InChI=1S/C17H17N5O3/c18-15-14-13(11-4-2-1-3-5-11)9-22(16(14)20-10-19-15)12-6-7-21(8-12)25-17(23)24/h1-5,9-10,12H,6-8H2,(H,23,24)(H2,18,19,20). The molecule has 0 saturated carbocycles. The molecule has 8 nitrogen and oxygen atoms in total. The molecule has 2 aromatic heterocycles. The van der Waals surface area contributed by atoms with Gasteiger partial charge in [0.15, 0.2) is 0 Å². The smallest absolute Gasteiger partial charge is 0.448 e. The second kappa shape index (κ2) is 6.06. The van der Waals surface area contributed by atoms with Crippen molar-refractivity contribution >= 4 is 23.0 Å². The first kappa shape index (κ1) is 15.4. The molecule has 25 heavy (non-hydrogen) atoms. The number of rotatable bonds is 3. The molecule has 3 N–H and O–H groups in total. The Morgan fingerprint density at radius 3 is 2.84 bits per heavy atom. The van der Waals surface area contributed by atoms with Crippen LogP contribution in [0.5, 0.6) is 0 Å². The van der Waals surface area contributed by atoms with Gasteiger partial charge in [-0.25, -0.2) is 14.8 Å². The van der Waals surface area contributed by atoms with E-state index >= 15 is 0 Å². The fourth-order valence-electron chi connectivity index (χ4n) is 3.35. The zero-order valence-corrected chi connectivity index (χ0v) is 13.4. The van der Waals surface area contributed by atoms with Crippen molar-refractivity contribution in [3.63, 3.8) is 0 Å². The Labute approximate surface area is 143 Å². The highest BCUT2D eigenvalue weighted by molar-refractivity contribution is 6.00. The highest BCUT2D eigenvalue weighted by atomic mass is 16.8. The lowest BCUT2D eigenvalue weighted by Crippen LogP contribution is -2.24. The lowest BCUT2D eigenvalue weighted by atomic mass is 10.1. The number of fused-ring (bicyclic) bond motifs is 1. The molecule has 0 spiro atoms. The number of hydrogen-bond donors (Lipinski definition) is 2. The number of benzene rings is 1. The van der Waals surface area contributed by atoms with Gasteiger partial charge in [0.25, 0.3) is 0 Å². The molecule has 3 aromatic rings. The molecule has 8 heteroatoms. The third-order valence-corrected chi connectivity index (χ3v) is 4.45. The molecule has 1 atom stereocenters. The van der Waals surface area contributed by atoms with Crippen LogP contribution >= 0.6 is 0 Å². The normalized spacial score (nSPS) is 17.8. The number of aromatic nitrogens is 3. The van der Waals surface area contributed by atoms with Crippen molar-refractivity contribution in [2.75, 3.05) is 18.8 Å². The van der Waals surface area contributed by atoms with Crippen molar-refractivity contribution in [3.8, 4) is 11.1 Å². The fraction of sp³-hybridized carbons (Fsp3) is 0.235. The number of nitrogens with two attached hydrogens (primary N) is 1. The van der Waals surface area contributed by atoms with Crippen molar-refractivity contribution in [1.29, 1.82) is 0 Å². The predicted octanol–water partition coefficient (Wildman–Crippen LogP) is 2.54.